The second-order valence-electron chi connectivity index (χ2n) is 8.45. The van der Waals surface area contributed by atoms with E-state index in [1.54, 1.807) is 24.3 Å². The molecule has 0 spiro atoms. The minimum atomic E-state index is -0.147. The van der Waals surface area contributed by atoms with Gasteiger partial charge in [0.15, 0.2) is 0 Å². The van der Waals surface area contributed by atoms with Crippen LogP contribution < -0.4 is 10.6 Å². The smallest absolute Gasteiger partial charge is 0.238 e. The standard InChI is InChI=1S/C23H34N4O3/c1-3-26(15-22(29)25-20-12-10-19(11-13-20)24-17(2)28)16-23(30)27-14-6-8-18-7-4-5-9-21(18)27/h10-13,18,21H,3-9,14-16H2,1-2H3,(H,24,28)(H,25,29)/t18-,21-/m0/s1. The van der Waals surface area contributed by atoms with Gasteiger partial charge in [-0.1, -0.05) is 19.8 Å². The topological polar surface area (TPSA) is 81.8 Å². The minimum absolute atomic E-state index is 0.136. The molecule has 2 atom stereocenters. The largest absolute Gasteiger partial charge is 0.338 e. The van der Waals surface area contributed by atoms with Gasteiger partial charge < -0.3 is 15.5 Å². The molecule has 2 fully saturated rings. The summed E-state index contributed by atoms with van der Waals surface area (Å²) < 4.78 is 0. The average Bonchev–Trinajstić information content (AvgIpc) is 2.73. The van der Waals surface area contributed by atoms with Gasteiger partial charge in [-0.05, 0) is 62.4 Å². The lowest BCUT2D eigenvalue weighted by Gasteiger charge is -2.44. The third kappa shape index (κ3) is 6.05. The highest BCUT2D eigenvalue weighted by Crippen LogP contribution is 2.35. The van der Waals surface area contributed by atoms with Gasteiger partial charge in [0.2, 0.25) is 17.7 Å². The molecule has 2 aliphatic rings. The molecular formula is C23H34N4O3. The molecule has 1 aromatic rings. The Labute approximate surface area is 179 Å². The summed E-state index contributed by atoms with van der Waals surface area (Å²) in [5, 5.41) is 5.56. The Kier molecular flexibility index (Phi) is 7.85. The van der Waals surface area contributed by atoms with Crippen molar-refractivity contribution in [2.45, 2.75) is 58.4 Å². The Morgan fingerprint density at radius 3 is 2.27 bits per heavy atom. The molecule has 0 unspecified atom stereocenters. The number of piperidine rings is 1. The number of likely N-dealkylation sites (N-methyl/N-ethyl adjacent to an activating group) is 1. The third-order valence-corrected chi connectivity index (χ3v) is 6.23. The van der Waals surface area contributed by atoms with Gasteiger partial charge in [0.05, 0.1) is 13.1 Å². The van der Waals surface area contributed by atoms with Crippen molar-refractivity contribution in [2.24, 2.45) is 5.92 Å². The zero-order valence-corrected chi connectivity index (χ0v) is 18.2. The molecule has 7 heteroatoms. The molecule has 0 radical (unpaired) electrons. The fourth-order valence-corrected chi connectivity index (χ4v) is 4.74. The molecule has 0 bridgehead atoms. The van der Waals surface area contributed by atoms with Crippen LogP contribution in [-0.2, 0) is 14.4 Å². The van der Waals surface area contributed by atoms with Gasteiger partial charge in [-0.3, -0.25) is 19.3 Å². The fraction of sp³-hybridized carbons (Fsp3) is 0.609. The predicted molar refractivity (Wildman–Crippen MR) is 118 cm³/mol. The van der Waals surface area contributed by atoms with E-state index in [9.17, 15) is 14.4 Å². The number of likely N-dealkylation sites (tertiary alicyclic amines) is 1. The summed E-state index contributed by atoms with van der Waals surface area (Å²) in [6.45, 7) is 5.39. The van der Waals surface area contributed by atoms with E-state index in [-0.39, 0.29) is 30.8 Å². The van der Waals surface area contributed by atoms with Crippen LogP contribution >= 0.6 is 0 Å². The summed E-state index contributed by atoms with van der Waals surface area (Å²) in [5.41, 5.74) is 1.35. The summed E-state index contributed by atoms with van der Waals surface area (Å²) in [6.07, 6.45) is 7.21. The summed E-state index contributed by atoms with van der Waals surface area (Å²) in [7, 11) is 0. The van der Waals surface area contributed by atoms with E-state index < -0.39 is 0 Å². The summed E-state index contributed by atoms with van der Waals surface area (Å²) in [4.78, 5) is 40.6. The summed E-state index contributed by atoms with van der Waals surface area (Å²) >= 11 is 0. The number of fused-ring (bicyclic) bond motifs is 1. The van der Waals surface area contributed by atoms with Gasteiger partial charge in [-0.2, -0.15) is 0 Å². The van der Waals surface area contributed by atoms with Crippen molar-refractivity contribution in [1.29, 1.82) is 0 Å². The Bertz CT molecular complexity index is 747. The maximum Gasteiger partial charge on any atom is 0.238 e. The van der Waals surface area contributed by atoms with Gasteiger partial charge in [-0.15, -0.1) is 0 Å². The Morgan fingerprint density at radius 1 is 0.967 bits per heavy atom. The number of hydrogen-bond donors (Lipinski definition) is 2. The molecule has 164 valence electrons. The number of nitrogens with zero attached hydrogens (tertiary/aromatic N) is 2. The first-order valence-electron chi connectivity index (χ1n) is 11.2. The first-order chi connectivity index (χ1) is 14.5. The molecule has 1 saturated heterocycles. The van der Waals surface area contributed by atoms with Gasteiger partial charge in [0, 0.05) is 30.9 Å². The van der Waals surface area contributed by atoms with Crippen molar-refractivity contribution in [1.82, 2.24) is 9.80 Å². The molecule has 0 aromatic heterocycles. The summed E-state index contributed by atoms with van der Waals surface area (Å²) in [5.74, 6) is 0.533. The van der Waals surface area contributed by atoms with Crippen LogP contribution in [0.2, 0.25) is 0 Å². The van der Waals surface area contributed by atoms with E-state index in [1.165, 1.54) is 32.6 Å². The molecule has 3 amide bonds. The van der Waals surface area contributed by atoms with Crippen LogP contribution in [0.1, 0.15) is 52.4 Å². The summed E-state index contributed by atoms with van der Waals surface area (Å²) in [6, 6.07) is 7.39. The van der Waals surface area contributed by atoms with E-state index in [2.05, 4.69) is 15.5 Å². The van der Waals surface area contributed by atoms with Crippen LogP contribution in [0.15, 0.2) is 24.3 Å². The van der Waals surface area contributed by atoms with E-state index in [4.69, 9.17) is 0 Å². The van der Waals surface area contributed by atoms with E-state index >= 15 is 0 Å². The number of rotatable bonds is 7. The first kappa shape index (κ1) is 22.3. The normalized spacial score (nSPS) is 21.1. The SMILES string of the molecule is CCN(CC(=O)Nc1ccc(NC(C)=O)cc1)CC(=O)N1CCC[C@@H]2CCCC[C@@H]21. The van der Waals surface area contributed by atoms with Crippen molar-refractivity contribution in [2.75, 3.05) is 36.8 Å². The van der Waals surface area contributed by atoms with Crippen LogP contribution in [0.3, 0.4) is 0 Å². The second-order valence-corrected chi connectivity index (χ2v) is 8.45. The van der Waals surface area contributed by atoms with Crippen LogP contribution in [-0.4, -0.2) is 59.7 Å². The first-order valence-corrected chi connectivity index (χ1v) is 11.2. The van der Waals surface area contributed by atoms with Crippen LogP contribution in [0.25, 0.3) is 0 Å². The molecule has 1 heterocycles. The monoisotopic (exact) mass is 414 g/mol. The van der Waals surface area contributed by atoms with Crippen LogP contribution in [0.4, 0.5) is 11.4 Å². The number of hydrogen-bond acceptors (Lipinski definition) is 4. The number of anilines is 2. The quantitative estimate of drug-likeness (QED) is 0.718. The zero-order valence-electron chi connectivity index (χ0n) is 18.2. The maximum atomic E-state index is 13.0. The number of carbonyl (C=O) groups excluding carboxylic acids is 3. The Balaban J connectivity index is 1.51. The van der Waals surface area contributed by atoms with Gasteiger partial charge in [0.25, 0.3) is 0 Å². The van der Waals surface area contributed by atoms with Gasteiger partial charge in [-0.25, -0.2) is 0 Å². The van der Waals surface area contributed by atoms with Gasteiger partial charge in [0.1, 0.15) is 0 Å². The number of amides is 3. The zero-order chi connectivity index (χ0) is 21.5. The molecule has 1 aliphatic carbocycles. The van der Waals surface area contributed by atoms with Crippen molar-refractivity contribution in [3.05, 3.63) is 24.3 Å². The fourth-order valence-electron chi connectivity index (χ4n) is 4.74. The van der Waals surface area contributed by atoms with E-state index in [0.29, 0.717) is 29.9 Å². The highest BCUT2D eigenvalue weighted by molar-refractivity contribution is 5.93. The molecule has 1 aliphatic heterocycles. The van der Waals surface area contributed by atoms with Crippen LogP contribution in [0.5, 0.6) is 0 Å². The number of carbonyl (C=O) groups is 3. The lowest BCUT2D eigenvalue weighted by molar-refractivity contribution is -0.139. The Hall–Kier alpha value is -2.41. The molecule has 2 N–H and O–H groups in total. The third-order valence-electron chi connectivity index (χ3n) is 6.23. The lowest BCUT2D eigenvalue weighted by atomic mass is 9.78. The maximum absolute atomic E-state index is 13.0. The van der Waals surface area contributed by atoms with Crippen molar-refractivity contribution >= 4 is 29.1 Å². The van der Waals surface area contributed by atoms with Crippen molar-refractivity contribution < 1.29 is 14.4 Å². The highest BCUT2D eigenvalue weighted by Gasteiger charge is 2.35. The second kappa shape index (κ2) is 10.6. The van der Waals surface area contributed by atoms with E-state index in [0.717, 1.165) is 19.4 Å². The molecule has 30 heavy (non-hydrogen) atoms. The van der Waals surface area contributed by atoms with E-state index in [1.807, 2.05) is 11.8 Å². The molecule has 3 rings (SSSR count). The molecule has 7 nitrogen and oxygen atoms in total. The Morgan fingerprint density at radius 2 is 1.60 bits per heavy atom. The van der Waals surface area contributed by atoms with Gasteiger partial charge >= 0.3 is 0 Å². The van der Waals surface area contributed by atoms with Crippen LogP contribution in [0, 0.1) is 5.92 Å². The molecule has 1 aromatic carbocycles. The predicted octanol–water partition coefficient (Wildman–Crippen LogP) is 3.09. The lowest BCUT2D eigenvalue weighted by Crippen LogP contribution is -2.52. The average molecular weight is 415 g/mol. The highest BCUT2D eigenvalue weighted by atomic mass is 16.2. The van der Waals surface area contributed by atoms with Crippen molar-refractivity contribution in [3.63, 3.8) is 0 Å². The van der Waals surface area contributed by atoms with Crippen molar-refractivity contribution in [3.8, 4) is 0 Å². The number of nitrogens with one attached hydrogen (secondary N) is 2. The molecule has 1 saturated carbocycles. The number of benzene rings is 1. The molecular weight excluding hydrogens is 380 g/mol. The minimum Gasteiger partial charge on any atom is -0.338 e.